The van der Waals surface area contributed by atoms with Gasteiger partial charge >= 0.3 is 5.97 Å². The second kappa shape index (κ2) is 9.66. The largest absolute Gasteiger partial charge is 0.494 e. The molecule has 1 aromatic carbocycles. The summed E-state index contributed by atoms with van der Waals surface area (Å²) in [4.78, 5) is 11.2. The number of para-hydroxylation sites is 1. The maximum absolute atomic E-state index is 11.2. The Morgan fingerprint density at radius 2 is 2.10 bits per heavy atom. The van der Waals surface area contributed by atoms with Crippen molar-refractivity contribution in [2.45, 2.75) is 19.9 Å². The summed E-state index contributed by atoms with van der Waals surface area (Å²) in [6, 6.07) is 8.19. The van der Waals surface area contributed by atoms with Crippen LogP contribution >= 0.6 is 11.8 Å². The van der Waals surface area contributed by atoms with Gasteiger partial charge in [-0.05, 0) is 19.5 Å². The number of nitrogens with one attached hydrogen (secondary N) is 1. The molecule has 1 rings (SSSR count). The van der Waals surface area contributed by atoms with Crippen LogP contribution in [0.3, 0.4) is 0 Å². The number of benzene rings is 1. The van der Waals surface area contributed by atoms with Crippen LogP contribution in [0.25, 0.3) is 0 Å². The van der Waals surface area contributed by atoms with Gasteiger partial charge in [0.05, 0.1) is 19.5 Å². The first-order valence-electron chi connectivity index (χ1n) is 6.82. The smallest absolute Gasteiger partial charge is 0.315 e. The van der Waals surface area contributed by atoms with Crippen LogP contribution in [0, 0.1) is 0 Å². The zero-order chi connectivity index (χ0) is 14.8. The van der Waals surface area contributed by atoms with Crippen molar-refractivity contribution in [3.8, 4) is 5.75 Å². The molecular formula is C15H23NO3S. The Morgan fingerprint density at radius 3 is 2.75 bits per heavy atom. The molecule has 0 saturated heterocycles. The van der Waals surface area contributed by atoms with Gasteiger partial charge in [-0.15, -0.1) is 11.8 Å². The fourth-order valence-corrected chi connectivity index (χ4v) is 2.81. The molecule has 0 aliphatic carbocycles. The van der Waals surface area contributed by atoms with Gasteiger partial charge < -0.3 is 14.8 Å². The number of methoxy groups -OCH3 is 1. The van der Waals surface area contributed by atoms with E-state index in [0.717, 1.165) is 23.6 Å². The molecule has 4 nitrogen and oxygen atoms in total. The quantitative estimate of drug-likeness (QED) is 0.710. The third-order valence-electron chi connectivity index (χ3n) is 2.78. The van der Waals surface area contributed by atoms with Crippen molar-refractivity contribution in [1.29, 1.82) is 0 Å². The van der Waals surface area contributed by atoms with Gasteiger partial charge in [-0.25, -0.2) is 0 Å². The van der Waals surface area contributed by atoms with E-state index in [1.165, 1.54) is 7.11 Å². The summed E-state index contributed by atoms with van der Waals surface area (Å²) in [5.41, 5.74) is 1.13. The maximum Gasteiger partial charge on any atom is 0.315 e. The summed E-state index contributed by atoms with van der Waals surface area (Å²) in [6.07, 6.45) is 0. The highest BCUT2D eigenvalue weighted by Gasteiger charge is 2.15. The molecule has 0 fully saturated rings. The molecule has 1 aromatic rings. The molecule has 1 N–H and O–H groups in total. The minimum Gasteiger partial charge on any atom is -0.494 e. The lowest BCUT2D eigenvalue weighted by Gasteiger charge is -2.20. The lowest BCUT2D eigenvalue weighted by atomic mass is 10.1. The molecule has 0 saturated carbocycles. The zero-order valence-corrected chi connectivity index (χ0v) is 13.2. The van der Waals surface area contributed by atoms with E-state index in [4.69, 9.17) is 4.74 Å². The molecule has 0 aliphatic rings. The molecule has 0 radical (unpaired) electrons. The van der Waals surface area contributed by atoms with E-state index in [1.54, 1.807) is 11.8 Å². The number of carbonyl (C=O) groups excluding carboxylic acids is 1. The van der Waals surface area contributed by atoms with Crippen molar-refractivity contribution in [3.05, 3.63) is 29.8 Å². The normalized spacial score (nSPS) is 11.9. The van der Waals surface area contributed by atoms with E-state index in [0.29, 0.717) is 12.4 Å². The Morgan fingerprint density at radius 1 is 1.35 bits per heavy atom. The third-order valence-corrected chi connectivity index (χ3v) is 3.79. The standard InChI is InChI=1S/C15H23NO3S/c1-4-16-13(10-20-11-15(17)18-3)12-8-6-7-9-14(12)19-5-2/h6-9,13,16H,4-5,10-11H2,1-3H3. The van der Waals surface area contributed by atoms with Crippen molar-refractivity contribution >= 4 is 17.7 Å². The van der Waals surface area contributed by atoms with Crippen LogP contribution in [0.4, 0.5) is 0 Å². The average Bonchev–Trinajstić information content (AvgIpc) is 2.47. The van der Waals surface area contributed by atoms with Crippen molar-refractivity contribution in [2.24, 2.45) is 0 Å². The second-order valence-corrected chi connectivity index (χ2v) is 5.20. The summed E-state index contributed by atoms with van der Waals surface area (Å²) in [5, 5.41) is 3.44. The average molecular weight is 297 g/mol. The molecule has 5 heteroatoms. The molecule has 1 atom stereocenters. The zero-order valence-electron chi connectivity index (χ0n) is 12.3. The molecule has 112 valence electrons. The molecule has 0 spiro atoms. The highest BCUT2D eigenvalue weighted by molar-refractivity contribution is 7.99. The minimum absolute atomic E-state index is 0.164. The number of esters is 1. The first-order valence-corrected chi connectivity index (χ1v) is 7.98. The van der Waals surface area contributed by atoms with E-state index in [2.05, 4.69) is 23.0 Å². The van der Waals surface area contributed by atoms with Crippen molar-refractivity contribution in [1.82, 2.24) is 5.32 Å². The Kier molecular flexibility index (Phi) is 8.14. The second-order valence-electron chi connectivity index (χ2n) is 4.17. The number of rotatable bonds is 9. The SMILES string of the molecule is CCNC(CSCC(=O)OC)c1ccccc1OCC. The van der Waals surface area contributed by atoms with Crippen LogP contribution in [0.15, 0.2) is 24.3 Å². The van der Waals surface area contributed by atoms with Crippen LogP contribution in [0.5, 0.6) is 5.75 Å². The van der Waals surface area contributed by atoms with Gasteiger partial charge in [0.1, 0.15) is 5.75 Å². The summed E-state index contributed by atoms with van der Waals surface area (Å²) in [7, 11) is 1.41. The topological polar surface area (TPSA) is 47.6 Å². The summed E-state index contributed by atoms with van der Waals surface area (Å²) >= 11 is 1.56. The predicted molar refractivity (Wildman–Crippen MR) is 83.4 cm³/mol. The fourth-order valence-electron chi connectivity index (χ4n) is 1.88. The van der Waals surface area contributed by atoms with Gasteiger partial charge in [0, 0.05) is 17.4 Å². The van der Waals surface area contributed by atoms with E-state index in [1.807, 2.05) is 25.1 Å². The number of hydrogen-bond acceptors (Lipinski definition) is 5. The van der Waals surface area contributed by atoms with Gasteiger partial charge in [-0.3, -0.25) is 4.79 Å². The van der Waals surface area contributed by atoms with Crippen molar-refractivity contribution < 1.29 is 14.3 Å². The number of hydrogen-bond donors (Lipinski definition) is 1. The molecule has 0 heterocycles. The molecular weight excluding hydrogens is 274 g/mol. The lowest BCUT2D eigenvalue weighted by molar-refractivity contribution is -0.137. The maximum atomic E-state index is 11.2. The van der Waals surface area contributed by atoms with E-state index in [9.17, 15) is 4.79 Å². The molecule has 0 aliphatic heterocycles. The molecule has 0 aromatic heterocycles. The summed E-state index contributed by atoms with van der Waals surface area (Å²) in [6.45, 7) is 5.56. The van der Waals surface area contributed by atoms with Gasteiger partial charge in [0.2, 0.25) is 0 Å². The van der Waals surface area contributed by atoms with Crippen molar-refractivity contribution in [3.63, 3.8) is 0 Å². The van der Waals surface area contributed by atoms with Crippen molar-refractivity contribution in [2.75, 3.05) is 31.8 Å². The number of carbonyl (C=O) groups is 1. The molecule has 0 bridgehead atoms. The molecule has 0 amide bonds. The summed E-state index contributed by atoms with van der Waals surface area (Å²) in [5.74, 6) is 1.88. The Labute approximate surface area is 125 Å². The van der Waals surface area contributed by atoms with Crippen LogP contribution in [-0.2, 0) is 9.53 Å². The van der Waals surface area contributed by atoms with Gasteiger partial charge in [-0.1, -0.05) is 25.1 Å². The molecule has 20 heavy (non-hydrogen) atoms. The first-order chi connectivity index (χ1) is 9.72. The highest BCUT2D eigenvalue weighted by atomic mass is 32.2. The Hall–Kier alpha value is -1.20. The van der Waals surface area contributed by atoms with Gasteiger partial charge in [-0.2, -0.15) is 0 Å². The first kappa shape index (κ1) is 16.9. The predicted octanol–water partition coefficient (Wildman–Crippen LogP) is 2.64. The molecule has 1 unspecified atom stereocenters. The van der Waals surface area contributed by atoms with E-state index < -0.39 is 0 Å². The third kappa shape index (κ3) is 5.43. The van der Waals surface area contributed by atoms with Crippen LogP contribution in [-0.4, -0.2) is 37.7 Å². The fraction of sp³-hybridized carbons (Fsp3) is 0.533. The van der Waals surface area contributed by atoms with Crippen LogP contribution in [0.2, 0.25) is 0 Å². The number of thioether (sulfide) groups is 1. The lowest BCUT2D eigenvalue weighted by Crippen LogP contribution is -2.24. The number of ether oxygens (including phenoxy) is 2. The Balaban J connectivity index is 2.71. The highest BCUT2D eigenvalue weighted by Crippen LogP contribution is 2.27. The van der Waals surface area contributed by atoms with Gasteiger partial charge in [0.25, 0.3) is 0 Å². The van der Waals surface area contributed by atoms with E-state index >= 15 is 0 Å². The van der Waals surface area contributed by atoms with E-state index in [-0.39, 0.29) is 12.0 Å². The van der Waals surface area contributed by atoms with Crippen LogP contribution < -0.4 is 10.1 Å². The van der Waals surface area contributed by atoms with Crippen LogP contribution in [0.1, 0.15) is 25.5 Å². The monoisotopic (exact) mass is 297 g/mol. The van der Waals surface area contributed by atoms with Gasteiger partial charge in [0.15, 0.2) is 0 Å². The summed E-state index contributed by atoms with van der Waals surface area (Å²) < 4.78 is 10.3. The Bertz CT molecular complexity index is 412. The minimum atomic E-state index is -0.191.